The Morgan fingerprint density at radius 1 is 1.25 bits per heavy atom. The van der Waals surface area contributed by atoms with Gasteiger partial charge in [-0.15, -0.1) is 11.3 Å². The van der Waals surface area contributed by atoms with Crippen LogP contribution in [0.1, 0.15) is 58.6 Å². The molecule has 110 valence electrons. The number of amides is 1. The van der Waals surface area contributed by atoms with Gasteiger partial charge in [0.25, 0.3) is 5.91 Å². The second-order valence-electron chi connectivity index (χ2n) is 5.98. The van der Waals surface area contributed by atoms with Crippen molar-refractivity contribution in [1.29, 1.82) is 0 Å². The van der Waals surface area contributed by atoms with Gasteiger partial charge in [0.1, 0.15) is 0 Å². The second kappa shape index (κ2) is 6.72. The Hall–Kier alpha value is -0.870. The van der Waals surface area contributed by atoms with Crippen molar-refractivity contribution in [2.45, 2.75) is 57.4 Å². The molecule has 2 N–H and O–H groups in total. The Kier molecular flexibility index (Phi) is 4.73. The SMILES string of the molecule is O=C(NCC1CCCN1)c1cc2c(s1)CCCCCC2. The highest BCUT2D eigenvalue weighted by Crippen LogP contribution is 2.28. The van der Waals surface area contributed by atoms with E-state index >= 15 is 0 Å². The summed E-state index contributed by atoms with van der Waals surface area (Å²) in [5.41, 5.74) is 1.43. The topological polar surface area (TPSA) is 41.1 Å². The number of carbonyl (C=O) groups excluding carboxylic acids is 1. The summed E-state index contributed by atoms with van der Waals surface area (Å²) in [6, 6.07) is 2.61. The summed E-state index contributed by atoms with van der Waals surface area (Å²) in [6.45, 7) is 1.86. The van der Waals surface area contributed by atoms with Gasteiger partial charge in [-0.2, -0.15) is 0 Å². The van der Waals surface area contributed by atoms with Gasteiger partial charge in [0.15, 0.2) is 0 Å². The van der Waals surface area contributed by atoms with Crippen molar-refractivity contribution in [3.05, 3.63) is 21.4 Å². The summed E-state index contributed by atoms with van der Waals surface area (Å²) < 4.78 is 0. The lowest BCUT2D eigenvalue weighted by molar-refractivity contribution is 0.0954. The molecule has 1 fully saturated rings. The molecule has 2 aliphatic rings. The maximum absolute atomic E-state index is 12.3. The minimum absolute atomic E-state index is 0.121. The molecule has 1 aliphatic carbocycles. The van der Waals surface area contributed by atoms with E-state index in [4.69, 9.17) is 0 Å². The van der Waals surface area contributed by atoms with Crippen molar-refractivity contribution in [3.8, 4) is 0 Å². The number of rotatable bonds is 3. The fourth-order valence-electron chi connectivity index (χ4n) is 3.19. The number of nitrogens with one attached hydrogen (secondary N) is 2. The Morgan fingerprint density at radius 2 is 2.10 bits per heavy atom. The fraction of sp³-hybridized carbons (Fsp3) is 0.688. The van der Waals surface area contributed by atoms with E-state index in [0.717, 1.165) is 30.8 Å². The number of hydrogen-bond donors (Lipinski definition) is 2. The minimum atomic E-state index is 0.121. The number of thiophene rings is 1. The Labute approximate surface area is 125 Å². The summed E-state index contributed by atoms with van der Waals surface area (Å²) in [4.78, 5) is 14.6. The number of hydrogen-bond acceptors (Lipinski definition) is 3. The summed E-state index contributed by atoms with van der Waals surface area (Å²) in [7, 11) is 0. The lowest BCUT2D eigenvalue weighted by Gasteiger charge is -2.10. The van der Waals surface area contributed by atoms with Crippen molar-refractivity contribution < 1.29 is 4.79 Å². The van der Waals surface area contributed by atoms with Crippen LogP contribution in [0.3, 0.4) is 0 Å². The molecular formula is C16H24N2OS. The molecule has 1 saturated heterocycles. The largest absolute Gasteiger partial charge is 0.350 e. The molecule has 1 aromatic heterocycles. The van der Waals surface area contributed by atoms with Gasteiger partial charge in [-0.05, 0) is 56.7 Å². The molecule has 1 amide bonds. The van der Waals surface area contributed by atoms with Gasteiger partial charge in [0, 0.05) is 17.5 Å². The van der Waals surface area contributed by atoms with E-state index in [9.17, 15) is 4.79 Å². The molecule has 1 aliphatic heterocycles. The first-order valence-electron chi connectivity index (χ1n) is 7.96. The zero-order chi connectivity index (χ0) is 13.8. The third-order valence-corrected chi connectivity index (χ3v) is 5.63. The van der Waals surface area contributed by atoms with Crippen molar-refractivity contribution in [2.24, 2.45) is 0 Å². The molecule has 0 aromatic carbocycles. The van der Waals surface area contributed by atoms with E-state index in [1.54, 1.807) is 11.3 Å². The highest BCUT2D eigenvalue weighted by atomic mass is 32.1. The third kappa shape index (κ3) is 3.41. The Bertz CT molecular complexity index is 438. The van der Waals surface area contributed by atoms with Crippen LogP contribution in [0.4, 0.5) is 0 Å². The summed E-state index contributed by atoms with van der Waals surface area (Å²) in [6.07, 6.45) is 9.96. The molecule has 2 heterocycles. The van der Waals surface area contributed by atoms with Crippen LogP contribution in [0.15, 0.2) is 6.07 Å². The first-order valence-corrected chi connectivity index (χ1v) is 8.78. The minimum Gasteiger partial charge on any atom is -0.350 e. The fourth-order valence-corrected chi connectivity index (χ4v) is 4.36. The molecule has 0 spiro atoms. The predicted molar refractivity (Wildman–Crippen MR) is 83.6 cm³/mol. The maximum atomic E-state index is 12.3. The number of aryl methyl sites for hydroxylation is 2. The van der Waals surface area contributed by atoms with Crippen LogP contribution in [0.25, 0.3) is 0 Å². The quantitative estimate of drug-likeness (QED) is 0.899. The molecule has 1 unspecified atom stereocenters. The first-order chi connectivity index (χ1) is 9.83. The average Bonchev–Trinajstić information content (AvgIpc) is 3.06. The van der Waals surface area contributed by atoms with Gasteiger partial charge in [-0.3, -0.25) is 4.79 Å². The van der Waals surface area contributed by atoms with Crippen molar-refractivity contribution >= 4 is 17.2 Å². The smallest absolute Gasteiger partial charge is 0.261 e. The average molecular weight is 292 g/mol. The number of carbonyl (C=O) groups is 1. The lowest BCUT2D eigenvalue weighted by atomic mass is 10.00. The summed E-state index contributed by atoms with van der Waals surface area (Å²) in [5, 5.41) is 6.51. The van der Waals surface area contributed by atoms with E-state index in [0.29, 0.717) is 6.04 Å². The van der Waals surface area contributed by atoms with Crippen LogP contribution in [0.2, 0.25) is 0 Å². The second-order valence-corrected chi connectivity index (χ2v) is 7.11. The zero-order valence-electron chi connectivity index (χ0n) is 12.0. The lowest BCUT2D eigenvalue weighted by Crippen LogP contribution is -2.36. The van der Waals surface area contributed by atoms with E-state index in [1.807, 2.05) is 0 Å². The van der Waals surface area contributed by atoms with Gasteiger partial charge in [0.05, 0.1) is 4.88 Å². The highest BCUT2D eigenvalue weighted by Gasteiger charge is 2.18. The normalized spacial score (nSPS) is 22.9. The van der Waals surface area contributed by atoms with Gasteiger partial charge < -0.3 is 10.6 Å². The molecule has 3 nitrogen and oxygen atoms in total. The van der Waals surface area contributed by atoms with Gasteiger partial charge in [-0.1, -0.05) is 12.8 Å². The third-order valence-electron chi connectivity index (χ3n) is 4.39. The molecule has 4 heteroatoms. The molecule has 0 bridgehead atoms. The van der Waals surface area contributed by atoms with E-state index in [-0.39, 0.29) is 5.91 Å². The molecule has 1 aromatic rings. The van der Waals surface area contributed by atoms with Crippen LogP contribution in [-0.2, 0) is 12.8 Å². The van der Waals surface area contributed by atoms with Crippen molar-refractivity contribution in [3.63, 3.8) is 0 Å². The van der Waals surface area contributed by atoms with Gasteiger partial charge >= 0.3 is 0 Å². The van der Waals surface area contributed by atoms with Gasteiger partial charge in [0.2, 0.25) is 0 Å². The Balaban J connectivity index is 1.60. The predicted octanol–water partition coefficient (Wildman–Crippen LogP) is 2.89. The summed E-state index contributed by atoms with van der Waals surface area (Å²) >= 11 is 1.72. The maximum Gasteiger partial charge on any atom is 0.261 e. The van der Waals surface area contributed by atoms with Crippen LogP contribution in [0, 0.1) is 0 Å². The molecule has 0 saturated carbocycles. The van der Waals surface area contributed by atoms with Crippen LogP contribution >= 0.6 is 11.3 Å². The molecule has 20 heavy (non-hydrogen) atoms. The molecular weight excluding hydrogens is 268 g/mol. The highest BCUT2D eigenvalue weighted by molar-refractivity contribution is 7.14. The molecule has 0 radical (unpaired) electrons. The van der Waals surface area contributed by atoms with Gasteiger partial charge in [-0.25, -0.2) is 0 Å². The number of fused-ring (bicyclic) bond motifs is 1. The van der Waals surface area contributed by atoms with E-state index < -0.39 is 0 Å². The van der Waals surface area contributed by atoms with Crippen LogP contribution < -0.4 is 10.6 Å². The van der Waals surface area contributed by atoms with Crippen molar-refractivity contribution in [2.75, 3.05) is 13.1 Å². The van der Waals surface area contributed by atoms with Crippen LogP contribution in [0.5, 0.6) is 0 Å². The monoisotopic (exact) mass is 292 g/mol. The van der Waals surface area contributed by atoms with Crippen LogP contribution in [-0.4, -0.2) is 25.0 Å². The first kappa shape index (κ1) is 14.1. The Morgan fingerprint density at radius 3 is 2.90 bits per heavy atom. The zero-order valence-corrected chi connectivity index (χ0v) is 12.9. The van der Waals surface area contributed by atoms with Crippen molar-refractivity contribution in [1.82, 2.24) is 10.6 Å². The molecule has 1 atom stereocenters. The standard InChI is InChI=1S/C16H24N2OS/c19-16(18-11-13-7-5-9-17-13)15-10-12-6-3-1-2-4-8-14(12)20-15/h10,13,17H,1-9,11H2,(H,18,19). The van der Waals surface area contributed by atoms with E-state index in [2.05, 4.69) is 16.7 Å². The van der Waals surface area contributed by atoms with E-state index in [1.165, 1.54) is 49.0 Å². The summed E-state index contributed by atoms with van der Waals surface area (Å²) in [5.74, 6) is 0.121. The molecule has 3 rings (SSSR count).